The fraction of sp³-hybridized carbons (Fsp3) is 0.571. The number of rotatable bonds is 3. The molecule has 94 valence electrons. The molecule has 1 unspecified atom stereocenters. The third kappa shape index (κ3) is 2.85. The zero-order valence-electron chi connectivity index (χ0n) is 10.5. The van der Waals surface area contributed by atoms with Crippen molar-refractivity contribution in [2.45, 2.75) is 25.9 Å². The molecule has 2 nitrogen and oxygen atoms in total. The summed E-state index contributed by atoms with van der Waals surface area (Å²) in [5.41, 5.74) is 0.778. The van der Waals surface area contributed by atoms with E-state index < -0.39 is 0 Å². The van der Waals surface area contributed by atoms with Crippen molar-refractivity contribution in [3.05, 3.63) is 35.6 Å². The molecule has 1 atom stereocenters. The first-order valence-electron chi connectivity index (χ1n) is 6.23. The summed E-state index contributed by atoms with van der Waals surface area (Å²) in [6.07, 6.45) is 0.950. The van der Waals surface area contributed by atoms with Crippen LogP contribution in [-0.4, -0.2) is 19.7 Å². The average Bonchev–Trinajstić information content (AvgIpc) is 2.30. The summed E-state index contributed by atoms with van der Waals surface area (Å²) in [4.78, 5) is 0. The highest BCUT2D eigenvalue weighted by Gasteiger charge is 2.35. The number of hydrogen-bond acceptors (Lipinski definition) is 2. The Balaban J connectivity index is 2.28. The standard InChI is InChI=1S/C14H20FNO/c1-11(2)9-14(10-16-7-8-17-14)12-3-5-13(15)6-4-12/h3-6,11,16H,7-10H2,1-2H3. The Morgan fingerprint density at radius 1 is 1.35 bits per heavy atom. The number of nitrogens with one attached hydrogen (secondary N) is 1. The Labute approximate surface area is 102 Å². The molecule has 0 aromatic heterocycles. The molecule has 1 aliphatic rings. The molecule has 1 saturated heterocycles. The predicted octanol–water partition coefficient (Wildman–Crippen LogP) is 2.69. The lowest BCUT2D eigenvalue weighted by Crippen LogP contribution is -2.48. The first kappa shape index (κ1) is 12.5. The van der Waals surface area contributed by atoms with E-state index in [4.69, 9.17) is 4.74 Å². The molecule has 0 amide bonds. The van der Waals surface area contributed by atoms with Gasteiger partial charge in [0.1, 0.15) is 11.4 Å². The maximum atomic E-state index is 13.0. The van der Waals surface area contributed by atoms with Crippen LogP contribution in [0.3, 0.4) is 0 Å². The van der Waals surface area contributed by atoms with E-state index >= 15 is 0 Å². The van der Waals surface area contributed by atoms with Crippen molar-refractivity contribution in [2.24, 2.45) is 5.92 Å². The van der Waals surface area contributed by atoms with Crippen LogP contribution in [0.1, 0.15) is 25.8 Å². The van der Waals surface area contributed by atoms with E-state index in [1.165, 1.54) is 12.1 Å². The maximum absolute atomic E-state index is 13.0. The molecule has 0 radical (unpaired) electrons. The Bertz CT molecular complexity index is 355. The van der Waals surface area contributed by atoms with E-state index in [-0.39, 0.29) is 11.4 Å². The molecule has 3 heteroatoms. The molecule has 1 aromatic rings. The van der Waals surface area contributed by atoms with Crippen molar-refractivity contribution in [2.75, 3.05) is 19.7 Å². The second-order valence-electron chi connectivity index (χ2n) is 5.12. The second-order valence-corrected chi connectivity index (χ2v) is 5.12. The molecule has 1 aromatic carbocycles. The molecule has 17 heavy (non-hydrogen) atoms. The third-order valence-electron chi connectivity index (χ3n) is 3.18. The van der Waals surface area contributed by atoms with Crippen LogP contribution in [0.5, 0.6) is 0 Å². The van der Waals surface area contributed by atoms with Crippen LogP contribution in [0, 0.1) is 11.7 Å². The zero-order chi connectivity index (χ0) is 12.3. The van der Waals surface area contributed by atoms with Crippen molar-refractivity contribution < 1.29 is 9.13 Å². The fourth-order valence-corrected chi connectivity index (χ4v) is 2.51. The number of benzene rings is 1. The number of morpholine rings is 1. The molecule has 1 fully saturated rings. The molecule has 0 bridgehead atoms. The van der Waals surface area contributed by atoms with E-state index in [2.05, 4.69) is 19.2 Å². The van der Waals surface area contributed by atoms with E-state index in [9.17, 15) is 4.39 Å². The summed E-state index contributed by atoms with van der Waals surface area (Å²) in [6.45, 7) is 6.77. The molecule has 1 aliphatic heterocycles. The molecule has 0 saturated carbocycles. The fourth-order valence-electron chi connectivity index (χ4n) is 2.51. The molecule has 0 spiro atoms. The van der Waals surface area contributed by atoms with Gasteiger partial charge in [0.2, 0.25) is 0 Å². The van der Waals surface area contributed by atoms with Crippen LogP contribution in [-0.2, 0) is 10.3 Å². The van der Waals surface area contributed by atoms with Gasteiger partial charge < -0.3 is 10.1 Å². The van der Waals surface area contributed by atoms with Crippen LogP contribution < -0.4 is 5.32 Å². The molecule has 1 heterocycles. The first-order valence-corrected chi connectivity index (χ1v) is 6.23. The van der Waals surface area contributed by atoms with Crippen LogP contribution in [0.4, 0.5) is 4.39 Å². The Kier molecular flexibility index (Phi) is 3.79. The minimum Gasteiger partial charge on any atom is -0.368 e. The van der Waals surface area contributed by atoms with Gasteiger partial charge in [0.15, 0.2) is 0 Å². The molecule has 0 aliphatic carbocycles. The summed E-state index contributed by atoms with van der Waals surface area (Å²) < 4.78 is 19.0. The average molecular weight is 237 g/mol. The Morgan fingerprint density at radius 2 is 2.06 bits per heavy atom. The van der Waals surface area contributed by atoms with Gasteiger partial charge in [0.25, 0.3) is 0 Å². The van der Waals surface area contributed by atoms with Gasteiger partial charge in [0, 0.05) is 13.1 Å². The summed E-state index contributed by atoms with van der Waals surface area (Å²) in [6, 6.07) is 6.69. The second kappa shape index (κ2) is 5.15. The minimum absolute atomic E-state index is 0.197. The van der Waals surface area contributed by atoms with Gasteiger partial charge in [-0.15, -0.1) is 0 Å². The van der Waals surface area contributed by atoms with Crippen molar-refractivity contribution in [1.29, 1.82) is 0 Å². The lowest BCUT2D eigenvalue weighted by Gasteiger charge is -2.39. The van der Waals surface area contributed by atoms with Crippen LogP contribution in [0.25, 0.3) is 0 Å². The van der Waals surface area contributed by atoms with Crippen molar-refractivity contribution in [3.8, 4) is 0 Å². The SMILES string of the molecule is CC(C)CC1(c2ccc(F)cc2)CNCCO1. The monoisotopic (exact) mass is 237 g/mol. The van der Waals surface area contributed by atoms with Gasteiger partial charge in [-0.1, -0.05) is 26.0 Å². The van der Waals surface area contributed by atoms with Crippen molar-refractivity contribution in [3.63, 3.8) is 0 Å². The molecular formula is C14H20FNO. The number of ether oxygens (including phenoxy) is 1. The third-order valence-corrected chi connectivity index (χ3v) is 3.18. The summed E-state index contributed by atoms with van der Waals surface area (Å²) in [5, 5.41) is 3.38. The summed E-state index contributed by atoms with van der Waals surface area (Å²) in [7, 11) is 0. The highest BCUT2D eigenvalue weighted by atomic mass is 19.1. The van der Waals surface area contributed by atoms with Gasteiger partial charge >= 0.3 is 0 Å². The Hall–Kier alpha value is -0.930. The van der Waals surface area contributed by atoms with E-state index in [1.54, 1.807) is 0 Å². The largest absolute Gasteiger partial charge is 0.368 e. The molecule has 1 N–H and O–H groups in total. The van der Waals surface area contributed by atoms with Crippen molar-refractivity contribution >= 4 is 0 Å². The van der Waals surface area contributed by atoms with Gasteiger partial charge in [0.05, 0.1) is 6.61 Å². The van der Waals surface area contributed by atoms with Crippen LogP contribution in [0.2, 0.25) is 0 Å². The van der Waals surface area contributed by atoms with Gasteiger partial charge in [-0.25, -0.2) is 4.39 Å². The quantitative estimate of drug-likeness (QED) is 0.872. The molecular weight excluding hydrogens is 217 g/mol. The van der Waals surface area contributed by atoms with Gasteiger partial charge in [-0.3, -0.25) is 0 Å². The lowest BCUT2D eigenvalue weighted by atomic mass is 9.84. The first-order chi connectivity index (χ1) is 8.12. The lowest BCUT2D eigenvalue weighted by molar-refractivity contribution is -0.0838. The smallest absolute Gasteiger partial charge is 0.123 e. The zero-order valence-corrected chi connectivity index (χ0v) is 10.5. The van der Waals surface area contributed by atoms with Gasteiger partial charge in [-0.05, 0) is 30.0 Å². The highest BCUT2D eigenvalue weighted by Crippen LogP contribution is 2.33. The Morgan fingerprint density at radius 3 is 2.59 bits per heavy atom. The predicted molar refractivity (Wildman–Crippen MR) is 66.4 cm³/mol. The van der Waals surface area contributed by atoms with Crippen LogP contribution >= 0.6 is 0 Å². The van der Waals surface area contributed by atoms with Crippen molar-refractivity contribution in [1.82, 2.24) is 5.32 Å². The molecule has 2 rings (SSSR count). The maximum Gasteiger partial charge on any atom is 0.123 e. The van der Waals surface area contributed by atoms with E-state index in [1.807, 2.05) is 12.1 Å². The summed E-state index contributed by atoms with van der Waals surface area (Å²) >= 11 is 0. The van der Waals surface area contributed by atoms with E-state index in [0.717, 1.165) is 25.1 Å². The number of halogens is 1. The normalized spacial score (nSPS) is 25.2. The van der Waals surface area contributed by atoms with E-state index in [0.29, 0.717) is 12.5 Å². The van der Waals surface area contributed by atoms with Crippen LogP contribution in [0.15, 0.2) is 24.3 Å². The highest BCUT2D eigenvalue weighted by molar-refractivity contribution is 5.24. The minimum atomic E-state index is -0.292. The topological polar surface area (TPSA) is 21.3 Å². The number of hydrogen-bond donors (Lipinski definition) is 1. The van der Waals surface area contributed by atoms with Gasteiger partial charge in [-0.2, -0.15) is 0 Å². The summed E-state index contributed by atoms with van der Waals surface area (Å²) in [5.74, 6) is 0.345.